The Hall–Kier alpha value is -1.83. The van der Waals surface area contributed by atoms with E-state index in [1.165, 1.54) is 11.3 Å². The fourth-order valence-corrected chi connectivity index (χ4v) is 2.36. The van der Waals surface area contributed by atoms with E-state index < -0.39 is 0 Å². The van der Waals surface area contributed by atoms with Gasteiger partial charge in [0.2, 0.25) is 5.91 Å². The van der Waals surface area contributed by atoms with Crippen LogP contribution in [0.25, 0.3) is 0 Å². The lowest BCUT2D eigenvalue weighted by Gasteiger charge is -2.10. The quantitative estimate of drug-likeness (QED) is 0.678. The number of nitrogens with two attached hydrogens (primary N) is 1. The summed E-state index contributed by atoms with van der Waals surface area (Å²) in [6.07, 6.45) is 0.250. The zero-order valence-electron chi connectivity index (χ0n) is 12.0. The third-order valence-electron chi connectivity index (χ3n) is 2.66. The predicted octanol–water partition coefficient (Wildman–Crippen LogP) is 0.437. The summed E-state index contributed by atoms with van der Waals surface area (Å²) in [5.41, 5.74) is 5.75. The van der Waals surface area contributed by atoms with Crippen LogP contribution in [-0.4, -0.2) is 43.5 Å². The molecule has 112 valence electrons. The maximum absolute atomic E-state index is 12.0. The SMILES string of the molecule is CCNC(=O)CCNC(=O)c1sc(N(C)CC)nc1N. The van der Waals surface area contributed by atoms with Crippen molar-refractivity contribution < 1.29 is 9.59 Å². The molecule has 0 spiro atoms. The van der Waals surface area contributed by atoms with Gasteiger partial charge in [-0.05, 0) is 13.8 Å². The van der Waals surface area contributed by atoms with Crippen molar-refractivity contribution in [3.8, 4) is 0 Å². The zero-order chi connectivity index (χ0) is 15.1. The molecule has 0 aliphatic heterocycles. The molecule has 1 heterocycles. The monoisotopic (exact) mass is 299 g/mol. The second-order valence-corrected chi connectivity index (χ2v) is 5.16. The van der Waals surface area contributed by atoms with Crippen LogP contribution in [0.2, 0.25) is 0 Å². The number of nitrogen functional groups attached to an aromatic ring is 1. The van der Waals surface area contributed by atoms with E-state index in [2.05, 4.69) is 15.6 Å². The number of nitrogens with zero attached hydrogens (tertiary/aromatic N) is 2. The third-order valence-corrected chi connectivity index (χ3v) is 3.84. The Morgan fingerprint density at radius 2 is 2.05 bits per heavy atom. The molecule has 8 heteroatoms. The molecule has 20 heavy (non-hydrogen) atoms. The third kappa shape index (κ3) is 4.37. The molecule has 1 aromatic heterocycles. The van der Waals surface area contributed by atoms with Gasteiger partial charge < -0.3 is 21.3 Å². The van der Waals surface area contributed by atoms with Crippen LogP contribution in [0.5, 0.6) is 0 Å². The number of hydrogen-bond donors (Lipinski definition) is 3. The molecule has 0 aliphatic rings. The van der Waals surface area contributed by atoms with Crippen LogP contribution < -0.4 is 21.3 Å². The van der Waals surface area contributed by atoms with Crippen molar-refractivity contribution in [2.45, 2.75) is 20.3 Å². The maximum Gasteiger partial charge on any atom is 0.265 e. The van der Waals surface area contributed by atoms with Gasteiger partial charge in [-0.3, -0.25) is 9.59 Å². The molecule has 7 nitrogen and oxygen atoms in total. The number of hydrogen-bond acceptors (Lipinski definition) is 6. The van der Waals surface area contributed by atoms with Gasteiger partial charge in [0.15, 0.2) is 5.13 Å². The van der Waals surface area contributed by atoms with Crippen molar-refractivity contribution in [2.24, 2.45) is 0 Å². The fraction of sp³-hybridized carbons (Fsp3) is 0.583. The molecular weight excluding hydrogens is 278 g/mol. The molecule has 0 atom stereocenters. The number of carbonyl (C=O) groups excluding carboxylic acids is 2. The largest absolute Gasteiger partial charge is 0.382 e. The van der Waals surface area contributed by atoms with E-state index in [4.69, 9.17) is 5.73 Å². The Morgan fingerprint density at radius 3 is 2.65 bits per heavy atom. The Balaban J connectivity index is 2.55. The second kappa shape index (κ2) is 7.68. The van der Waals surface area contributed by atoms with Gasteiger partial charge in [-0.25, -0.2) is 4.98 Å². The number of amides is 2. The van der Waals surface area contributed by atoms with Gasteiger partial charge in [-0.2, -0.15) is 0 Å². The summed E-state index contributed by atoms with van der Waals surface area (Å²) >= 11 is 1.25. The predicted molar refractivity (Wildman–Crippen MR) is 81.1 cm³/mol. The summed E-state index contributed by atoms with van der Waals surface area (Å²) in [7, 11) is 1.88. The number of rotatable bonds is 7. The number of anilines is 2. The van der Waals surface area contributed by atoms with Gasteiger partial charge in [0.1, 0.15) is 10.7 Å². The minimum absolute atomic E-state index is 0.0866. The molecule has 1 rings (SSSR count). The van der Waals surface area contributed by atoms with Crippen LogP contribution >= 0.6 is 11.3 Å². The number of carbonyl (C=O) groups is 2. The Morgan fingerprint density at radius 1 is 1.35 bits per heavy atom. The number of nitrogens with one attached hydrogen (secondary N) is 2. The van der Waals surface area contributed by atoms with E-state index >= 15 is 0 Å². The lowest BCUT2D eigenvalue weighted by Crippen LogP contribution is -2.30. The zero-order valence-corrected chi connectivity index (χ0v) is 12.8. The first kappa shape index (κ1) is 16.2. The van der Waals surface area contributed by atoms with Crippen LogP contribution in [-0.2, 0) is 4.79 Å². The molecule has 2 amide bonds. The molecule has 4 N–H and O–H groups in total. The molecule has 1 aromatic rings. The van der Waals surface area contributed by atoms with Crippen LogP contribution in [0.1, 0.15) is 29.9 Å². The molecule has 0 fully saturated rings. The lowest BCUT2D eigenvalue weighted by molar-refractivity contribution is -0.120. The first-order valence-corrected chi connectivity index (χ1v) is 7.33. The van der Waals surface area contributed by atoms with E-state index in [-0.39, 0.29) is 30.6 Å². The highest BCUT2D eigenvalue weighted by Crippen LogP contribution is 2.27. The molecular formula is C12H21N5O2S. The molecule has 0 aromatic carbocycles. The van der Waals surface area contributed by atoms with E-state index in [1.807, 2.05) is 25.8 Å². The van der Waals surface area contributed by atoms with Crippen LogP contribution in [0, 0.1) is 0 Å². The molecule has 0 radical (unpaired) electrons. The summed E-state index contributed by atoms with van der Waals surface area (Å²) in [5.74, 6) is -0.155. The summed E-state index contributed by atoms with van der Waals surface area (Å²) in [6.45, 7) is 5.48. The Kier molecular flexibility index (Phi) is 6.23. The second-order valence-electron chi connectivity index (χ2n) is 4.18. The highest BCUT2D eigenvalue weighted by Gasteiger charge is 2.17. The number of thiazole rings is 1. The van der Waals surface area contributed by atoms with Crippen LogP contribution in [0.15, 0.2) is 0 Å². The summed E-state index contributed by atoms with van der Waals surface area (Å²) in [5, 5.41) is 6.04. The summed E-state index contributed by atoms with van der Waals surface area (Å²) < 4.78 is 0. The smallest absolute Gasteiger partial charge is 0.265 e. The molecule has 0 saturated heterocycles. The fourth-order valence-electron chi connectivity index (χ4n) is 1.44. The minimum Gasteiger partial charge on any atom is -0.382 e. The van der Waals surface area contributed by atoms with Crippen LogP contribution in [0.3, 0.4) is 0 Å². The minimum atomic E-state index is -0.292. The van der Waals surface area contributed by atoms with Crippen molar-refractivity contribution >= 4 is 34.1 Å². The highest BCUT2D eigenvalue weighted by molar-refractivity contribution is 7.18. The standard InChI is InChI=1S/C12H21N5O2S/c1-4-14-8(18)6-7-15-11(19)9-10(13)16-12(20-9)17(3)5-2/h4-7,13H2,1-3H3,(H,14,18)(H,15,19). The Labute approximate surface area is 122 Å². The molecule has 0 unspecified atom stereocenters. The first-order valence-electron chi connectivity index (χ1n) is 6.51. The van der Waals surface area contributed by atoms with Crippen molar-refractivity contribution in [3.63, 3.8) is 0 Å². The first-order chi connectivity index (χ1) is 9.49. The Bertz CT molecular complexity index is 474. The van der Waals surface area contributed by atoms with Gasteiger partial charge in [0.05, 0.1) is 0 Å². The van der Waals surface area contributed by atoms with Gasteiger partial charge in [-0.1, -0.05) is 11.3 Å². The van der Waals surface area contributed by atoms with E-state index in [9.17, 15) is 9.59 Å². The maximum atomic E-state index is 12.0. The lowest BCUT2D eigenvalue weighted by atomic mass is 10.3. The van der Waals surface area contributed by atoms with Gasteiger partial charge in [-0.15, -0.1) is 0 Å². The normalized spacial score (nSPS) is 10.2. The van der Waals surface area contributed by atoms with Crippen LogP contribution in [0.4, 0.5) is 10.9 Å². The topological polar surface area (TPSA) is 100 Å². The average Bonchev–Trinajstić information content (AvgIpc) is 2.80. The number of aromatic nitrogens is 1. The molecule has 0 aliphatic carbocycles. The van der Waals surface area contributed by atoms with Crippen molar-refractivity contribution in [1.82, 2.24) is 15.6 Å². The highest BCUT2D eigenvalue weighted by atomic mass is 32.1. The van der Waals surface area contributed by atoms with E-state index in [0.29, 0.717) is 16.6 Å². The van der Waals surface area contributed by atoms with Crippen molar-refractivity contribution in [2.75, 3.05) is 37.3 Å². The van der Waals surface area contributed by atoms with Crippen molar-refractivity contribution in [3.05, 3.63) is 4.88 Å². The van der Waals surface area contributed by atoms with Gasteiger partial charge >= 0.3 is 0 Å². The summed E-state index contributed by atoms with van der Waals surface area (Å²) in [4.78, 5) is 29.7. The summed E-state index contributed by atoms with van der Waals surface area (Å²) in [6, 6.07) is 0. The van der Waals surface area contributed by atoms with Gasteiger partial charge in [0.25, 0.3) is 5.91 Å². The molecule has 0 bridgehead atoms. The average molecular weight is 299 g/mol. The molecule has 0 saturated carbocycles. The van der Waals surface area contributed by atoms with E-state index in [1.54, 1.807) is 0 Å². The van der Waals surface area contributed by atoms with Gasteiger partial charge in [0, 0.05) is 33.1 Å². The van der Waals surface area contributed by atoms with Crippen molar-refractivity contribution in [1.29, 1.82) is 0 Å². The van der Waals surface area contributed by atoms with E-state index in [0.717, 1.165) is 6.54 Å².